The van der Waals surface area contributed by atoms with E-state index in [9.17, 15) is 9.59 Å². The van der Waals surface area contributed by atoms with Gasteiger partial charge in [-0.2, -0.15) is 5.10 Å². The van der Waals surface area contributed by atoms with Crippen LogP contribution in [-0.4, -0.2) is 33.2 Å². The van der Waals surface area contributed by atoms with Gasteiger partial charge in [0.1, 0.15) is 18.1 Å². The topological polar surface area (TPSA) is 64.4 Å². The van der Waals surface area contributed by atoms with E-state index in [-0.39, 0.29) is 24.1 Å². The predicted octanol–water partition coefficient (Wildman–Crippen LogP) is 3.19. The quantitative estimate of drug-likeness (QED) is 0.588. The van der Waals surface area contributed by atoms with Crippen molar-refractivity contribution in [2.24, 2.45) is 0 Å². The number of nitrogens with zero attached hydrogens (tertiary/aromatic N) is 3. The number of hydrogen-bond acceptors (Lipinski definition) is 5. The van der Waals surface area contributed by atoms with Crippen LogP contribution in [0.5, 0.6) is 5.75 Å². The molecule has 0 spiro atoms. The highest BCUT2D eigenvalue weighted by molar-refractivity contribution is 7.09. The highest BCUT2D eigenvalue weighted by Crippen LogP contribution is 2.30. The number of para-hydroxylation sites is 1. The molecule has 1 aliphatic rings. The summed E-state index contributed by atoms with van der Waals surface area (Å²) >= 11 is 1.64. The molecule has 0 saturated heterocycles. The third-order valence-electron chi connectivity index (χ3n) is 4.56. The summed E-state index contributed by atoms with van der Waals surface area (Å²) in [4.78, 5) is 28.2. The van der Waals surface area contributed by atoms with Gasteiger partial charge in [0.15, 0.2) is 0 Å². The van der Waals surface area contributed by atoms with Crippen molar-refractivity contribution in [3.63, 3.8) is 0 Å². The number of thiophene rings is 1. The molecule has 1 aliphatic carbocycles. The van der Waals surface area contributed by atoms with Crippen LogP contribution in [0.1, 0.15) is 28.2 Å². The van der Waals surface area contributed by atoms with Gasteiger partial charge in [0.2, 0.25) is 0 Å². The molecule has 1 amide bonds. The lowest BCUT2D eigenvalue weighted by Crippen LogP contribution is -2.35. The van der Waals surface area contributed by atoms with Crippen LogP contribution in [0.25, 0.3) is 0 Å². The minimum absolute atomic E-state index is 0.131. The minimum Gasteiger partial charge on any atom is -0.492 e. The average molecular weight is 395 g/mol. The van der Waals surface area contributed by atoms with Crippen LogP contribution in [0.15, 0.2) is 64.8 Å². The van der Waals surface area contributed by atoms with Gasteiger partial charge in [0.05, 0.1) is 13.1 Å². The smallest absolute Gasteiger partial charge is 0.274 e. The van der Waals surface area contributed by atoms with E-state index in [0.717, 1.165) is 23.5 Å². The molecule has 4 rings (SSSR count). The molecule has 0 aliphatic heterocycles. The predicted molar refractivity (Wildman–Crippen MR) is 108 cm³/mol. The lowest BCUT2D eigenvalue weighted by atomic mass is 10.3. The first kappa shape index (κ1) is 18.4. The summed E-state index contributed by atoms with van der Waals surface area (Å²) in [6.07, 6.45) is 2.03. The van der Waals surface area contributed by atoms with Crippen molar-refractivity contribution in [2.75, 3.05) is 6.61 Å². The second-order valence-corrected chi connectivity index (χ2v) is 7.72. The third-order valence-corrected chi connectivity index (χ3v) is 5.42. The first-order chi connectivity index (χ1) is 13.7. The number of hydrogen-bond donors (Lipinski definition) is 0. The van der Waals surface area contributed by atoms with E-state index < -0.39 is 0 Å². The molecule has 2 aromatic heterocycles. The first-order valence-corrected chi connectivity index (χ1v) is 10.2. The molecule has 0 unspecified atom stereocenters. The van der Waals surface area contributed by atoms with Crippen LogP contribution in [0.3, 0.4) is 0 Å². The van der Waals surface area contributed by atoms with Crippen LogP contribution >= 0.6 is 11.3 Å². The Morgan fingerprint density at radius 3 is 2.68 bits per heavy atom. The number of amides is 1. The van der Waals surface area contributed by atoms with E-state index in [4.69, 9.17) is 4.74 Å². The van der Waals surface area contributed by atoms with Crippen molar-refractivity contribution in [3.8, 4) is 5.75 Å². The molecule has 0 bridgehead atoms. The maximum atomic E-state index is 13.0. The van der Waals surface area contributed by atoms with E-state index >= 15 is 0 Å². The normalized spacial score (nSPS) is 13.3. The zero-order valence-corrected chi connectivity index (χ0v) is 16.2. The second-order valence-electron chi connectivity index (χ2n) is 6.69. The van der Waals surface area contributed by atoms with Crippen molar-refractivity contribution in [1.29, 1.82) is 0 Å². The maximum Gasteiger partial charge on any atom is 0.274 e. The Labute approximate surface area is 167 Å². The standard InChI is InChI=1S/C21H21N3O3S/c25-20-11-10-19(22-24(20)12-13-27-17-5-2-1-3-6-17)21(26)23(16-8-9-16)15-18-7-4-14-28-18/h1-7,10-11,14,16H,8-9,12-13,15H2. The average Bonchev–Trinajstić information content (AvgIpc) is 3.43. The Bertz CT molecular complexity index is 982. The van der Waals surface area contributed by atoms with Gasteiger partial charge in [-0.1, -0.05) is 24.3 Å². The largest absolute Gasteiger partial charge is 0.492 e. The fourth-order valence-electron chi connectivity index (χ4n) is 2.96. The summed E-state index contributed by atoms with van der Waals surface area (Å²) in [5.74, 6) is 0.604. The molecule has 3 aromatic rings. The van der Waals surface area contributed by atoms with Gasteiger partial charge in [-0.05, 0) is 42.5 Å². The van der Waals surface area contributed by atoms with Crippen molar-refractivity contribution in [2.45, 2.75) is 32.0 Å². The molecule has 6 nitrogen and oxygen atoms in total. The lowest BCUT2D eigenvalue weighted by molar-refractivity contribution is 0.0722. The molecule has 0 atom stereocenters. The van der Waals surface area contributed by atoms with E-state index in [1.807, 2.05) is 52.7 Å². The molecule has 2 heterocycles. The molecular weight excluding hydrogens is 374 g/mol. The summed E-state index contributed by atoms with van der Waals surface area (Å²) in [7, 11) is 0. The molecule has 144 valence electrons. The highest BCUT2D eigenvalue weighted by Gasteiger charge is 2.34. The van der Waals surface area contributed by atoms with Crippen LogP contribution < -0.4 is 10.3 Å². The van der Waals surface area contributed by atoms with E-state index in [1.54, 1.807) is 11.3 Å². The number of carbonyl (C=O) groups excluding carboxylic acids is 1. The molecule has 1 fully saturated rings. The summed E-state index contributed by atoms with van der Waals surface area (Å²) in [6.45, 7) is 1.17. The van der Waals surface area contributed by atoms with E-state index in [1.165, 1.54) is 16.8 Å². The maximum absolute atomic E-state index is 13.0. The molecular formula is C21H21N3O3S. The van der Waals surface area contributed by atoms with Gasteiger partial charge in [-0.25, -0.2) is 4.68 Å². The highest BCUT2D eigenvalue weighted by atomic mass is 32.1. The van der Waals surface area contributed by atoms with Gasteiger partial charge in [0.25, 0.3) is 11.5 Å². The van der Waals surface area contributed by atoms with Gasteiger partial charge >= 0.3 is 0 Å². The van der Waals surface area contributed by atoms with Crippen LogP contribution in [0.4, 0.5) is 0 Å². The Kier molecular flexibility index (Phi) is 5.53. The molecule has 0 radical (unpaired) electrons. The monoisotopic (exact) mass is 395 g/mol. The fraction of sp³-hybridized carbons (Fsp3) is 0.286. The van der Waals surface area contributed by atoms with Crippen molar-refractivity contribution in [1.82, 2.24) is 14.7 Å². The number of rotatable bonds is 8. The first-order valence-electron chi connectivity index (χ1n) is 9.30. The molecule has 0 N–H and O–H groups in total. The Morgan fingerprint density at radius 2 is 1.96 bits per heavy atom. The summed E-state index contributed by atoms with van der Waals surface area (Å²) in [5, 5.41) is 6.31. The summed E-state index contributed by atoms with van der Waals surface area (Å²) < 4.78 is 6.94. The third kappa shape index (κ3) is 4.48. The second kappa shape index (κ2) is 8.39. The number of benzene rings is 1. The minimum atomic E-state index is -0.246. The Balaban J connectivity index is 1.45. The van der Waals surface area contributed by atoms with Crippen molar-refractivity contribution >= 4 is 17.2 Å². The molecule has 1 saturated carbocycles. The Hall–Kier alpha value is -2.93. The van der Waals surface area contributed by atoms with Gasteiger partial charge in [0, 0.05) is 17.0 Å². The zero-order valence-electron chi connectivity index (χ0n) is 15.4. The van der Waals surface area contributed by atoms with E-state index in [0.29, 0.717) is 18.8 Å². The summed E-state index contributed by atoms with van der Waals surface area (Å²) in [5.41, 5.74) is 0.0483. The van der Waals surface area contributed by atoms with E-state index in [2.05, 4.69) is 5.10 Å². The number of carbonyl (C=O) groups is 1. The molecule has 7 heteroatoms. The zero-order chi connectivity index (χ0) is 19.3. The van der Waals surface area contributed by atoms with Gasteiger partial charge < -0.3 is 9.64 Å². The molecule has 28 heavy (non-hydrogen) atoms. The van der Waals surface area contributed by atoms with Crippen molar-refractivity contribution < 1.29 is 9.53 Å². The Morgan fingerprint density at radius 1 is 1.14 bits per heavy atom. The van der Waals surface area contributed by atoms with Crippen molar-refractivity contribution in [3.05, 3.63) is 80.9 Å². The van der Waals surface area contributed by atoms with Crippen LogP contribution in [0, 0.1) is 0 Å². The summed E-state index contributed by atoms with van der Waals surface area (Å²) in [6, 6.07) is 16.6. The lowest BCUT2D eigenvalue weighted by Gasteiger charge is -2.21. The van der Waals surface area contributed by atoms with Crippen LogP contribution in [-0.2, 0) is 13.1 Å². The van der Waals surface area contributed by atoms with Gasteiger partial charge in [-0.15, -0.1) is 11.3 Å². The molecule has 1 aromatic carbocycles. The fourth-order valence-corrected chi connectivity index (χ4v) is 3.66. The van der Waals surface area contributed by atoms with Gasteiger partial charge in [-0.3, -0.25) is 9.59 Å². The van der Waals surface area contributed by atoms with Crippen LogP contribution in [0.2, 0.25) is 0 Å². The number of aromatic nitrogens is 2. The number of ether oxygens (including phenoxy) is 1. The SMILES string of the molecule is O=C(c1ccc(=O)n(CCOc2ccccc2)n1)N(Cc1cccs1)C1CC1.